The van der Waals surface area contributed by atoms with Gasteiger partial charge in [-0.25, -0.2) is 0 Å². The van der Waals surface area contributed by atoms with Crippen LogP contribution in [0.2, 0.25) is 0 Å². The maximum atomic E-state index is 11.4. The molecule has 0 heterocycles. The summed E-state index contributed by atoms with van der Waals surface area (Å²) in [5.41, 5.74) is 6.58. The second-order valence-electron chi connectivity index (χ2n) is 4.30. The average molecular weight is 266 g/mol. The highest BCUT2D eigenvalue weighted by Gasteiger charge is 2.08. The summed E-state index contributed by atoms with van der Waals surface area (Å²) in [5, 5.41) is 0. The molecule has 1 aromatic carbocycles. The molecule has 19 heavy (non-hydrogen) atoms. The standard InChI is InChI=1S/C14H22N2O3/c1-4-18-13-9-11(10-15)5-6-12(13)19-8-7-14(17)16(2)3/h5-6,9H,4,7-8,10,15H2,1-3H3. The summed E-state index contributed by atoms with van der Waals surface area (Å²) in [6.07, 6.45) is 0.344. The Morgan fingerprint density at radius 3 is 2.58 bits per heavy atom. The number of carbonyl (C=O) groups is 1. The highest BCUT2D eigenvalue weighted by atomic mass is 16.5. The maximum absolute atomic E-state index is 11.4. The first-order valence-electron chi connectivity index (χ1n) is 6.37. The van der Waals surface area contributed by atoms with E-state index in [1.165, 1.54) is 0 Å². The molecule has 0 spiro atoms. The van der Waals surface area contributed by atoms with E-state index in [4.69, 9.17) is 15.2 Å². The predicted octanol–water partition coefficient (Wildman–Crippen LogP) is 1.40. The lowest BCUT2D eigenvalue weighted by molar-refractivity contribution is -0.129. The zero-order valence-corrected chi connectivity index (χ0v) is 11.8. The molecule has 0 aliphatic heterocycles. The zero-order valence-electron chi connectivity index (χ0n) is 11.8. The van der Waals surface area contributed by atoms with Gasteiger partial charge in [0.2, 0.25) is 5.91 Å². The van der Waals surface area contributed by atoms with E-state index in [0.717, 1.165) is 5.56 Å². The van der Waals surface area contributed by atoms with Crippen molar-refractivity contribution in [2.45, 2.75) is 19.9 Å². The summed E-state index contributed by atoms with van der Waals surface area (Å²) in [4.78, 5) is 13.0. The molecule has 0 radical (unpaired) electrons. The van der Waals surface area contributed by atoms with E-state index in [2.05, 4.69) is 0 Å². The number of carbonyl (C=O) groups excluding carboxylic acids is 1. The first-order valence-corrected chi connectivity index (χ1v) is 6.37. The van der Waals surface area contributed by atoms with Gasteiger partial charge >= 0.3 is 0 Å². The van der Waals surface area contributed by atoms with Crippen molar-refractivity contribution in [2.24, 2.45) is 5.73 Å². The lowest BCUT2D eigenvalue weighted by Gasteiger charge is -2.14. The molecule has 1 rings (SSSR count). The number of nitrogens with zero attached hydrogens (tertiary/aromatic N) is 1. The summed E-state index contributed by atoms with van der Waals surface area (Å²) in [7, 11) is 3.45. The second kappa shape index (κ2) is 7.63. The van der Waals surface area contributed by atoms with Crippen molar-refractivity contribution in [3.05, 3.63) is 23.8 Å². The molecule has 1 aromatic rings. The number of ether oxygens (including phenoxy) is 2. The number of benzene rings is 1. The quantitative estimate of drug-likeness (QED) is 0.810. The van der Waals surface area contributed by atoms with Crippen molar-refractivity contribution in [3.63, 3.8) is 0 Å². The third-order valence-corrected chi connectivity index (χ3v) is 2.62. The van der Waals surface area contributed by atoms with Crippen molar-refractivity contribution in [3.8, 4) is 11.5 Å². The topological polar surface area (TPSA) is 64.8 Å². The van der Waals surface area contributed by atoms with E-state index in [-0.39, 0.29) is 5.91 Å². The fraction of sp³-hybridized carbons (Fsp3) is 0.500. The Hall–Kier alpha value is -1.75. The lowest BCUT2D eigenvalue weighted by Crippen LogP contribution is -2.23. The van der Waals surface area contributed by atoms with Crippen LogP contribution in [-0.2, 0) is 11.3 Å². The number of hydrogen-bond donors (Lipinski definition) is 1. The molecule has 5 heteroatoms. The molecule has 0 atom stereocenters. The molecule has 0 saturated carbocycles. The van der Waals surface area contributed by atoms with Crippen LogP contribution in [0.15, 0.2) is 18.2 Å². The van der Waals surface area contributed by atoms with Crippen LogP contribution in [0, 0.1) is 0 Å². The third-order valence-electron chi connectivity index (χ3n) is 2.62. The smallest absolute Gasteiger partial charge is 0.225 e. The largest absolute Gasteiger partial charge is 0.490 e. The van der Waals surface area contributed by atoms with Gasteiger partial charge in [-0.1, -0.05) is 6.07 Å². The number of amides is 1. The van der Waals surface area contributed by atoms with E-state index >= 15 is 0 Å². The summed E-state index contributed by atoms with van der Waals surface area (Å²) in [5.74, 6) is 1.35. The van der Waals surface area contributed by atoms with Gasteiger partial charge in [-0.2, -0.15) is 0 Å². The zero-order chi connectivity index (χ0) is 14.3. The minimum Gasteiger partial charge on any atom is -0.490 e. The van der Waals surface area contributed by atoms with Crippen molar-refractivity contribution in [1.82, 2.24) is 4.90 Å². The van der Waals surface area contributed by atoms with Crippen LogP contribution in [0.3, 0.4) is 0 Å². The van der Waals surface area contributed by atoms with Gasteiger partial charge in [0.05, 0.1) is 19.6 Å². The number of hydrogen-bond acceptors (Lipinski definition) is 4. The van der Waals surface area contributed by atoms with E-state index < -0.39 is 0 Å². The predicted molar refractivity (Wildman–Crippen MR) is 74.3 cm³/mol. The van der Waals surface area contributed by atoms with E-state index in [1.807, 2.05) is 25.1 Å². The molecule has 5 nitrogen and oxygen atoms in total. The van der Waals surface area contributed by atoms with Crippen LogP contribution in [0.4, 0.5) is 0 Å². The van der Waals surface area contributed by atoms with E-state index in [1.54, 1.807) is 19.0 Å². The maximum Gasteiger partial charge on any atom is 0.225 e. The molecule has 0 aliphatic carbocycles. The van der Waals surface area contributed by atoms with Gasteiger partial charge in [-0.05, 0) is 24.6 Å². The molecule has 0 fully saturated rings. The first kappa shape index (κ1) is 15.3. The molecule has 106 valence electrons. The van der Waals surface area contributed by atoms with Gasteiger partial charge < -0.3 is 20.1 Å². The van der Waals surface area contributed by atoms with Crippen molar-refractivity contribution in [1.29, 1.82) is 0 Å². The summed E-state index contributed by atoms with van der Waals surface area (Å²) in [6, 6.07) is 5.59. The molecule has 1 amide bonds. The molecule has 0 saturated heterocycles. The van der Waals surface area contributed by atoms with Crippen LogP contribution in [-0.4, -0.2) is 38.1 Å². The fourth-order valence-electron chi connectivity index (χ4n) is 1.54. The number of rotatable bonds is 7. The van der Waals surface area contributed by atoms with E-state index in [0.29, 0.717) is 37.7 Å². The van der Waals surface area contributed by atoms with Crippen LogP contribution in [0.5, 0.6) is 11.5 Å². The average Bonchev–Trinajstić information content (AvgIpc) is 2.40. The highest BCUT2D eigenvalue weighted by Crippen LogP contribution is 2.28. The van der Waals surface area contributed by atoms with Gasteiger partial charge in [0.1, 0.15) is 0 Å². The van der Waals surface area contributed by atoms with Crippen LogP contribution < -0.4 is 15.2 Å². The van der Waals surface area contributed by atoms with Gasteiger partial charge in [-0.3, -0.25) is 4.79 Å². The fourth-order valence-corrected chi connectivity index (χ4v) is 1.54. The van der Waals surface area contributed by atoms with Gasteiger partial charge in [-0.15, -0.1) is 0 Å². The highest BCUT2D eigenvalue weighted by molar-refractivity contribution is 5.75. The Morgan fingerprint density at radius 1 is 1.26 bits per heavy atom. The Balaban J connectivity index is 2.64. The summed E-state index contributed by atoms with van der Waals surface area (Å²) < 4.78 is 11.1. The van der Waals surface area contributed by atoms with Crippen LogP contribution >= 0.6 is 0 Å². The minimum atomic E-state index is 0.0385. The lowest BCUT2D eigenvalue weighted by atomic mass is 10.2. The van der Waals surface area contributed by atoms with Crippen molar-refractivity contribution in [2.75, 3.05) is 27.3 Å². The summed E-state index contributed by atoms with van der Waals surface area (Å²) >= 11 is 0. The van der Waals surface area contributed by atoms with Gasteiger partial charge in [0, 0.05) is 20.6 Å². The first-order chi connectivity index (χ1) is 9.08. The SMILES string of the molecule is CCOc1cc(CN)ccc1OCCC(=O)N(C)C. The molecule has 0 aromatic heterocycles. The Kier molecular flexibility index (Phi) is 6.15. The molecule has 2 N–H and O–H groups in total. The Labute approximate surface area is 114 Å². The minimum absolute atomic E-state index is 0.0385. The normalized spacial score (nSPS) is 10.1. The Bertz CT molecular complexity index is 419. The third kappa shape index (κ3) is 4.79. The molecular formula is C14H22N2O3. The molecular weight excluding hydrogens is 244 g/mol. The van der Waals surface area contributed by atoms with Gasteiger partial charge in [0.15, 0.2) is 11.5 Å². The number of nitrogens with two attached hydrogens (primary N) is 1. The molecule has 0 aliphatic rings. The Morgan fingerprint density at radius 2 is 2.00 bits per heavy atom. The van der Waals surface area contributed by atoms with Crippen LogP contribution in [0.25, 0.3) is 0 Å². The monoisotopic (exact) mass is 266 g/mol. The van der Waals surface area contributed by atoms with Gasteiger partial charge in [0.25, 0.3) is 0 Å². The van der Waals surface area contributed by atoms with Crippen molar-refractivity contribution < 1.29 is 14.3 Å². The van der Waals surface area contributed by atoms with Crippen LogP contribution in [0.1, 0.15) is 18.9 Å². The molecule has 0 bridgehead atoms. The summed E-state index contributed by atoms with van der Waals surface area (Å²) in [6.45, 7) is 3.26. The molecule has 0 unspecified atom stereocenters. The van der Waals surface area contributed by atoms with Crippen molar-refractivity contribution >= 4 is 5.91 Å². The van der Waals surface area contributed by atoms with E-state index in [9.17, 15) is 4.79 Å². The second-order valence-corrected chi connectivity index (χ2v) is 4.30.